The predicted octanol–water partition coefficient (Wildman–Crippen LogP) is 4.73. The number of piperazine rings is 1. The third kappa shape index (κ3) is 7.01. The van der Waals surface area contributed by atoms with Crippen molar-refractivity contribution in [1.29, 1.82) is 0 Å². The molecule has 0 bridgehead atoms. The molecule has 0 saturated carbocycles. The zero-order valence-corrected chi connectivity index (χ0v) is 26.5. The summed E-state index contributed by atoms with van der Waals surface area (Å²) in [7, 11) is -0.242. The maximum Gasteiger partial charge on any atom is 0.272 e. The van der Waals surface area contributed by atoms with E-state index in [1.807, 2.05) is 63.6 Å². The highest BCUT2D eigenvalue weighted by atomic mass is 32.2. The zero-order chi connectivity index (χ0) is 30.8. The molecule has 0 atom stereocenters. The van der Waals surface area contributed by atoms with Crippen LogP contribution < -0.4 is 14.8 Å². The maximum atomic E-state index is 13.7. The first-order valence-electron chi connectivity index (χ1n) is 14.1. The third-order valence-corrected chi connectivity index (χ3v) is 8.10. The molecule has 4 rings (SSSR count). The minimum absolute atomic E-state index is 0.243. The van der Waals surface area contributed by atoms with Crippen LogP contribution in [0.3, 0.4) is 0 Å². The second-order valence-electron chi connectivity index (χ2n) is 11.7. The zero-order valence-electron chi connectivity index (χ0n) is 25.7. The standard InChI is InChI=1S/C31H43N5O5S/c1-9-41-21(2)36-15-13-35(14-16-36)20-23-12-10-11-22-17-27(34(6)28(22)23)30(37)32-25-18-24(31(3,4)5)19-26(29(25)40-7)33-42(8,38)39/h10-12,17-19,33H,2,9,13-16,20H2,1,3-8H3,(H,32,37). The van der Waals surface area contributed by atoms with Crippen molar-refractivity contribution in [3.8, 4) is 5.75 Å². The summed E-state index contributed by atoms with van der Waals surface area (Å²) in [5, 5.41) is 3.96. The van der Waals surface area contributed by atoms with E-state index < -0.39 is 10.0 Å². The van der Waals surface area contributed by atoms with Gasteiger partial charge in [0.2, 0.25) is 10.0 Å². The van der Waals surface area contributed by atoms with Gasteiger partial charge in [-0.15, -0.1) is 0 Å². The molecule has 2 N–H and O–H groups in total. The molecule has 1 fully saturated rings. The van der Waals surface area contributed by atoms with Crippen LogP contribution in [0.15, 0.2) is 48.9 Å². The Hall–Kier alpha value is -3.70. The molecule has 1 amide bonds. The summed E-state index contributed by atoms with van der Waals surface area (Å²) in [5.74, 6) is 0.644. The predicted molar refractivity (Wildman–Crippen MR) is 169 cm³/mol. The van der Waals surface area contributed by atoms with E-state index in [0.29, 0.717) is 18.0 Å². The van der Waals surface area contributed by atoms with Gasteiger partial charge in [-0.3, -0.25) is 14.4 Å². The van der Waals surface area contributed by atoms with Crippen molar-refractivity contribution in [2.75, 3.05) is 56.2 Å². The van der Waals surface area contributed by atoms with E-state index in [4.69, 9.17) is 9.47 Å². The first-order chi connectivity index (χ1) is 19.7. The summed E-state index contributed by atoms with van der Waals surface area (Å²) in [6.07, 6.45) is 1.08. The average Bonchev–Trinajstić information content (AvgIpc) is 3.25. The number of para-hydroxylation sites is 1. The normalized spacial score (nSPS) is 14.6. The average molecular weight is 598 g/mol. The molecule has 42 heavy (non-hydrogen) atoms. The van der Waals surface area contributed by atoms with Crippen LogP contribution in [0.5, 0.6) is 5.75 Å². The molecule has 2 heterocycles. The largest absolute Gasteiger partial charge is 0.492 e. The topological polar surface area (TPSA) is 105 Å². The Kier molecular flexibility index (Phi) is 9.12. The number of anilines is 2. The number of sulfonamides is 1. The fraction of sp³-hybridized carbons (Fsp3) is 0.452. The van der Waals surface area contributed by atoms with Gasteiger partial charge in [-0.25, -0.2) is 8.42 Å². The Morgan fingerprint density at radius 1 is 1.07 bits per heavy atom. The molecule has 1 aliphatic heterocycles. The first-order valence-corrected chi connectivity index (χ1v) is 16.0. The molecule has 228 valence electrons. The van der Waals surface area contributed by atoms with Crippen molar-refractivity contribution in [2.45, 2.75) is 39.7 Å². The Labute approximate surface area is 249 Å². The number of aromatic nitrogens is 1. The highest BCUT2D eigenvalue weighted by Gasteiger charge is 2.25. The number of benzene rings is 2. The van der Waals surface area contributed by atoms with Gasteiger partial charge in [0, 0.05) is 45.2 Å². The molecule has 0 aliphatic carbocycles. The number of fused-ring (bicyclic) bond motifs is 1. The van der Waals surface area contributed by atoms with Gasteiger partial charge in [0.25, 0.3) is 5.91 Å². The van der Waals surface area contributed by atoms with Gasteiger partial charge in [0.1, 0.15) is 5.69 Å². The van der Waals surface area contributed by atoms with Crippen LogP contribution in [0.25, 0.3) is 10.9 Å². The van der Waals surface area contributed by atoms with E-state index >= 15 is 0 Å². The Balaban J connectivity index is 1.62. The molecule has 1 aromatic heterocycles. The molecule has 2 aromatic carbocycles. The van der Waals surface area contributed by atoms with Gasteiger partial charge < -0.3 is 24.3 Å². The third-order valence-electron chi connectivity index (χ3n) is 7.50. The van der Waals surface area contributed by atoms with E-state index in [-0.39, 0.29) is 22.8 Å². The number of carbonyl (C=O) groups is 1. The molecule has 3 aromatic rings. The number of carbonyl (C=O) groups excluding carboxylic acids is 1. The van der Waals surface area contributed by atoms with Crippen LogP contribution in [0, 0.1) is 0 Å². The van der Waals surface area contributed by atoms with Crippen LogP contribution in [0.1, 0.15) is 49.3 Å². The molecule has 11 heteroatoms. The van der Waals surface area contributed by atoms with E-state index in [0.717, 1.165) is 66.9 Å². The lowest BCUT2D eigenvalue weighted by atomic mass is 9.86. The van der Waals surface area contributed by atoms with Crippen molar-refractivity contribution < 1.29 is 22.7 Å². The van der Waals surface area contributed by atoms with Crippen molar-refractivity contribution >= 4 is 38.2 Å². The van der Waals surface area contributed by atoms with Gasteiger partial charge in [-0.2, -0.15) is 0 Å². The monoisotopic (exact) mass is 597 g/mol. The smallest absolute Gasteiger partial charge is 0.272 e. The number of nitrogens with zero attached hydrogens (tertiary/aromatic N) is 3. The molecular formula is C31H43N5O5S. The number of hydrogen-bond donors (Lipinski definition) is 2. The lowest BCUT2D eigenvalue weighted by Gasteiger charge is -2.36. The Morgan fingerprint density at radius 2 is 1.74 bits per heavy atom. The minimum atomic E-state index is -3.58. The van der Waals surface area contributed by atoms with Gasteiger partial charge >= 0.3 is 0 Å². The summed E-state index contributed by atoms with van der Waals surface area (Å²) < 4.78 is 39.8. The van der Waals surface area contributed by atoms with Crippen LogP contribution >= 0.6 is 0 Å². The summed E-state index contributed by atoms with van der Waals surface area (Å²) >= 11 is 0. The molecule has 1 saturated heterocycles. The van der Waals surface area contributed by atoms with Crippen LogP contribution in [-0.2, 0) is 33.8 Å². The number of rotatable bonds is 10. The highest BCUT2D eigenvalue weighted by Crippen LogP contribution is 2.39. The lowest BCUT2D eigenvalue weighted by Crippen LogP contribution is -2.45. The van der Waals surface area contributed by atoms with Crippen molar-refractivity contribution in [3.05, 3.63) is 65.7 Å². The number of methoxy groups -OCH3 is 1. The minimum Gasteiger partial charge on any atom is -0.492 e. The molecule has 0 spiro atoms. The molecule has 0 unspecified atom stereocenters. The number of nitrogens with one attached hydrogen (secondary N) is 2. The number of hydrogen-bond acceptors (Lipinski definition) is 7. The summed E-state index contributed by atoms with van der Waals surface area (Å²) in [6, 6.07) is 11.6. The van der Waals surface area contributed by atoms with Crippen LogP contribution in [-0.4, -0.2) is 74.8 Å². The number of aryl methyl sites for hydroxylation is 1. The van der Waals surface area contributed by atoms with E-state index in [1.54, 1.807) is 6.07 Å². The van der Waals surface area contributed by atoms with Gasteiger partial charge in [-0.1, -0.05) is 39.0 Å². The molecule has 10 nitrogen and oxygen atoms in total. The Bertz CT molecular complexity index is 1580. The number of ether oxygens (including phenoxy) is 2. The second-order valence-corrected chi connectivity index (χ2v) is 13.5. The van der Waals surface area contributed by atoms with Crippen LogP contribution in [0.2, 0.25) is 0 Å². The molecule has 1 aliphatic rings. The SMILES string of the molecule is C=C(OCC)N1CCN(Cc2cccc3cc(C(=O)Nc4cc(C(C)(C)C)cc(NS(C)(=O)=O)c4OC)n(C)c23)CC1. The molecular weight excluding hydrogens is 554 g/mol. The highest BCUT2D eigenvalue weighted by molar-refractivity contribution is 7.92. The summed E-state index contributed by atoms with van der Waals surface area (Å²) in [5.41, 5.74) is 3.81. The lowest BCUT2D eigenvalue weighted by molar-refractivity contribution is 0.0745. The van der Waals surface area contributed by atoms with Crippen molar-refractivity contribution in [2.24, 2.45) is 7.05 Å². The van der Waals surface area contributed by atoms with E-state index in [1.165, 1.54) is 7.11 Å². The molecule has 0 radical (unpaired) electrons. The van der Waals surface area contributed by atoms with Gasteiger partial charge in [0.15, 0.2) is 11.6 Å². The van der Waals surface area contributed by atoms with Crippen molar-refractivity contribution in [1.82, 2.24) is 14.4 Å². The second kappa shape index (κ2) is 12.3. The van der Waals surface area contributed by atoms with E-state index in [2.05, 4.69) is 32.5 Å². The fourth-order valence-corrected chi connectivity index (χ4v) is 5.89. The van der Waals surface area contributed by atoms with E-state index in [9.17, 15) is 13.2 Å². The summed E-state index contributed by atoms with van der Waals surface area (Å²) in [4.78, 5) is 18.3. The Morgan fingerprint density at radius 3 is 2.33 bits per heavy atom. The van der Waals surface area contributed by atoms with Gasteiger partial charge in [-0.05, 0) is 48.2 Å². The quantitative estimate of drug-likeness (QED) is 0.326. The van der Waals surface area contributed by atoms with Gasteiger partial charge in [0.05, 0.1) is 36.9 Å². The summed E-state index contributed by atoms with van der Waals surface area (Å²) in [6.45, 7) is 16.9. The van der Waals surface area contributed by atoms with Crippen molar-refractivity contribution in [3.63, 3.8) is 0 Å². The maximum absolute atomic E-state index is 13.7. The van der Waals surface area contributed by atoms with Crippen LogP contribution in [0.4, 0.5) is 11.4 Å². The first kappa shape index (κ1) is 31.2. The fourth-order valence-electron chi connectivity index (χ4n) is 5.34. The number of amides is 1.